The fourth-order valence-electron chi connectivity index (χ4n) is 5.42. The van der Waals surface area contributed by atoms with E-state index < -0.39 is 23.7 Å². The number of aromatic nitrogens is 1. The first-order chi connectivity index (χ1) is 17.5. The van der Waals surface area contributed by atoms with Crippen molar-refractivity contribution in [1.82, 2.24) is 20.1 Å². The second-order valence-corrected chi connectivity index (χ2v) is 9.70. The number of benzene rings is 2. The predicted molar refractivity (Wildman–Crippen MR) is 130 cm³/mol. The lowest BCUT2D eigenvalue weighted by Gasteiger charge is -2.39. The summed E-state index contributed by atoms with van der Waals surface area (Å²) in [5.74, 6) is -1.21. The highest BCUT2D eigenvalue weighted by Gasteiger charge is 2.40. The Kier molecular flexibility index (Phi) is 5.60. The van der Waals surface area contributed by atoms with Crippen LogP contribution in [0, 0.1) is 5.82 Å². The summed E-state index contributed by atoms with van der Waals surface area (Å²) in [6.45, 7) is 2.71. The van der Waals surface area contributed by atoms with E-state index in [4.69, 9.17) is 0 Å². The van der Waals surface area contributed by atoms with Crippen molar-refractivity contribution in [2.75, 3.05) is 13.1 Å². The minimum absolute atomic E-state index is 0.00550. The third-order valence-electron chi connectivity index (χ3n) is 7.38. The Morgan fingerprint density at radius 1 is 1.00 bits per heavy atom. The molecule has 1 unspecified atom stereocenters. The van der Waals surface area contributed by atoms with Crippen LogP contribution in [-0.2, 0) is 22.7 Å². The Morgan fingerprint density at radius 2 is 1.78 bits per heavy atom. The normalized spacial score (nSPS) is 20.3. The largest absolute Gasteiger partial charge is 0.322 e. The molecular weight excluding hydrogens is 459 g/mol. The zero-order chi connectivity index (χ0) is 24.8. The minimum atomic E-state index is -0.775. The van der Waals surface area contributed by atoms with Crippen molar-refractivity contribution in [2.24, 2.45) is 0 Å². The van der Waals surface area contributed by atoms with Gasteiger partial charge in [-0.2, -0.15) is 0 Å². The molecule has 0 radical (unpaired) electrons. The van der Waals surface area contributed by atoms with E-state index in [0.717, 1.165) is 25.2 Å². The van der Waals surface area contributed by atoms with Crippen LogP contribution in [0.4, 0.5) is 4.39 Å². The third kappa shape index (κ3) is 3.97. The summed E-state index contributed by atoms with van der Waals surface area (Å²) in [5, 5.41) is 2.27. The van der Waals surface area contributed by atoms with E-state index >= 15 is 4.39 Å². The number of piperidine rings is 1. The predicted octanol–water partition coefficient (Wildman–Crippen LogP) is 3.25. The van der Waals surface area contributed by atoms with E-state index in [2.05, 4.69) is 39.5 Å². The molecule has 0 bridgehead atoms. The van der Waals surface area contributed by atoms with Crippen molar-refractivity contribution in [3.8, 4) is 11.3 Å². The van der Waals surface area contributed by atoms with E-state index in [9.17, 15) is 14.4 Å². The molecule has 0 spiro atoms. The molecular formula is C28H25FN4O3. The maximum atomic E-state index is 15.7. The van der Waals surface area contributed by atoms with Gasteiger partial charge in [-0.25, -0.2) is 4.39 Å². The highest BCUT2D eigenvalue weighted by atomic mass is 19.1. The van der Waals surface area contributed by atoms with Crippen LogP contribution in [0.2, 0.25) is 0 Å². The second-order valence-electron chi connectivity index (χ2n) is 9.70. The first-order valence-corrected chi connectivity index (χ1v) is 12.2. The van der Waals surface area contributed by atoms with Gasteiger partial charge in [-0.1, -0.05) is 30.3 Å². The molecule has 0 saturated carbocycles. The van der Waals surface area contributed by atoms with Crippen LogP contribution >= 0.6 is 0 Å². The van der Waals surface area contributed by atoms with Crippen molar-refractivity contribution in [3.05, 3.63) is 88.9 Å². The molecule has 36 heavy (non-hydrogen) atoms. The summed E-state index contributed by atoms with van der Waals surface area (Å²) in [6, 6.07) is 16.7. The average Bonchev–Trinajstić information content (AvgIpc) is 3.19. The first-order valence-electron chi connectivity index (χ1n) is 12.2. The molecule has 2 aromatic carbocycles. The number of fused-ring (bicyclic) bond motifs is 1. The van der Waals surface area contributed by atoms with Crippen molar-refractivity contribution in [1.29, 1.82) is 0 Å². The van der Waals surface area contributed by atoms with Gasteiger partial charge >= 0.3 is 0 Å². The number of halogens is 1. The van der Waals surface area contributed by atoms with Gasteiger partial charge in [0.1, 0.15) is 11.9 Å². The summed E-state index contributed by atoms with van der Waals surface area (Å²) in [5.41, 5.74) is 3.77. The third-order valence-corrected chi connectivity index (χ3v) is 7.38. The lowest BCUT2D eigenvalue weighted by Crippen LogP contribution is -2.52. The maximum Gasteiger partial charge on any atom is 0.255 e. The Morgan fingerprint density at radius 3 is 2.56 bits per heavy atom. The number of rotatable bonds is 5. The molecule has 182 valence electrons. The van der Waals surface area contributed by atoms with Gasteiger partial charge in [0, 0.05) is 54.9 Å². The molecule has 8 heteroatoms. The Balaban J connectivity index is 1.18. The summed E-state index contributed by atoms with van der Waals surface area (Å²) >= 11 is 0. The number of pyridine rings is 1. The number of nitrogens with zero attached hydrogens (tertiary/aromatic N) is 3. The zero-order valence-electron chi connectivity index (χ0n) is 19.6. The summed E-state index contributed by atoms with van der Waals surface area (Å²) in [6.07, 6.45) is 2.08. The highest BCUT2D eigenvalue weighted by Crippen LogP contribution is 2.34. The van der Waals surface area contributed by atoms with Gasteiger partial charge in [-0.3, -0.25) is 29.6 Å². The lowest BCUT2D eigenvalue weighted by molar-refractivity contribution is -0.136. The molecule has 4 heterocycles. The number of hydrogen-bond donors (Lipinski definition) is 1. The van der Waals surface area contributed by atoms with E-state index in [1.165, 1.54) is 10.5 Å². The number of likely N-dealkylation sites (tertiary alicyclic amines) is 1. The lowest BCUT2D eigenvalue weighted by atomic mass is 9.91. The Hall–Kier alpha value is -3.91. The number of hydrogen-bond acceptors (Lipinski definition) is 5. The average molecular weight is 485 g/mol. The molecule has 3 aliphatic heterocycles. The zero-order valence-corrected chi connectivity index (χ0v) is 19.6. The van der Waals surface area contributed by atoms with Crippen LogP contribution in [-0.4, -0.2) is 51.6 Å². The van der Waals surface area contributed by atoms with Gasteiger partial charge in [-0.05, 0) is 41.8 Å². The number of carbonyl (C=O) groups excluding carboxylic acids is 3. The van der Waals surface area contributed by atoms with Crippen LogP contribution in [0.15, 0.2) is 60.8 Å². The molecule has 1 atom stereocenters. The second kappa shape index (κ2) is 8.95. The molecule has 1 aromatic heterocycles. The van der Waals surface area contributed by atoms with Gasteiger partial charge in [-0.15, -0.1) is 0 Å². The van der Waals surface area contributed by atoms with E-state index in [1.807, 2.05) is 18.2 Å². The standard InChI is InChI=1S/C28H25FN4O3/c29-26-21(7-6-20-22(26)16-33(28(20)36)24-8-9-25(34)31-27(24)35)23-12-17(10-11-30-23)13-32-14-19(15-32)18-4-2-1-3-5-18/h1-7,10-12,19,24H,8-9,13-16H2,(H,31,34,35). The quantitative estimate of drug-likeness (QED) is 0.563. The molecule has 3 aromatic rings. The van der Waals surface area contributed by atoms with Crippen molar-refractivity contribution in [3.63, 3.8) is 0 Å². The maximum absolute atomic E-state index is 15.7. The van der Waals surface area contributed by atoms with E-state index in [-0.39, 0.29) is 36.4 Å². The summed E-state index contributed by atoms with van der Waals surface area (Å²) in [7, 11) is 0. The fraction of sp³-hybridized carbons (Fsp3) is 0.286. The van der Waals surface area contributed by atoms with Crippen molar-refractivity contribution in [2.45, 2.75) is 37.9 Å². The van der Waals surface area contributed by atoms with Gasteiger partial charge < -0.3 is 4.90 Å². The van der Waals surface area contributed by atoms with Gasteiger partial charge in [0.05, 0.1) is 12.2 Å². The van der Waals surface area contributed by atoms with Crippen LogP contribution in [0.3, 0.4) is 0 Å². The van der Waals surface area contributed by atoms with Gasteiger partial charge in [0.25, 0.3) is 5.91 Å². The molecule has 0 aliphatic carbocycles. The molecule has 7 nitrogen and oxygen atoms in total. The highest BCUT2D eigenvalue weighted by molar-refractivity contribution is 6.05. The molecule has 1 N–H and O–H groups in total. The summed E-state index contributed by atoms with van der Waals surface area (Å²) in [4.78, 5) is 44.8. The fourth-order valence-corrected chi connectivity index (χ4v) is 5.42. The molecule has 3 aliphatic rings. The molecule has 6 rings (SSSR count). The SMILES string of the molecule is O=C1CCC(N2Cc3c(ccc(-c4cc(CN5CC(c6ccccc6)C5)ccn4)c3F)C2=O)C(=O)N1. The number of imide groups is 1. The van der Waals surface area contributed by atoms with Gasteiger partial charge in [0.2, 0.25) is 11.8 Å². The van der Waals surface area contributed by atoms with Crippen molar-refractivity contribution >= 4 is 17.7 Å². The van der Waals surface area contributed by atoms with Crippen LogP contribution in [0.1, 0.15) is 45.8 Å². The molecule has 2 saturated heterocycles. The first kappa shape index (κ1) is 22.5. The smallest absolute Gasteiger partial charge is 0.255 e. The minimum Gasteiger partial charge on any atom is -0.322 e. The Labute approximate surface area is 207 Å². The van der Waals surface area contributed by atoms with Crippen LogP contribution in [0.5, 0.6) is 0 Å². The number of carbonyl (C=O) groups is 3. The Bertz CT molecular complexity index is 1370. The van der Waals surface area contributed by atoms with E-state index in [1.54, 1.807) is 18.3 Å². The molecule has 2 fully saturated rings. The van der Waals surface area contributed by atoms with Gasteiger partial charge in [0.15, 0.2) is 0 Å². The van der Waals surface area contributed by atoms with Crippen LogP contribution in [0.25, 0.3) is 11.3 Å². The van der Waals surface area contributed by atoms with Crippen LogP contribution < -0.4 is 5.32 Å². The topological polar surface area (TPSA) is 82.6 Å². The van der Waals surface area contributed by atoms with E-state index in [0.29, 0.717) is 17.2 Å². The molecule has 3 amide bonds. The monoisotopic (exact) mass is 484 g/mol. The number of nitrogens with one attached hydrogen (secondary N) is 1. The van der Waals surface area contributed by atoms with Crippen molar-refractivity contribution < 1.29 is 18.8 Å². The summed E-state index contributed by atoms with van der Waals surface area (Å²) < 4.78 is 15.7. The number of amides is 3.